The van der Waals surface area contributed by atoms with E-state index in [0.29, 0.717) is 18.7 Å². The van der Waals surface area contributed by atoms with E-state index in [4.69, 9.17) is 0 Å². The molecule has 136 valence electrons. The monoisotopic (exact) mass is 410 g/mol. The third-order valence-corrected chi connectivity index (χ3v) is 6.38. The van der Waals surface area contributed by atoms with Crippen LogP contribution in [0, 0.1) is 0 Å². The van der Waals surface area contributed by atoms with E-state index in [1.807, 2.05) is 10.6 Å². The van der Waals surface area contributed by atoms with Crippen molar-refractivity contribution < 1.29 is 14.7 Å². The van der Waals surface area contributed by atoms with Gasteiger partial charge in [-0.1, -0.05) is 26.2 Å². The molecule has 7 nitrogen and oxygen atoms in total. The number of nitrogens with zero attached hydrogens (tertiary/aromatic N) is 2. The Morgan fingerprint density at radius 2 is 2.08 bits per heavy atom. The maximum atomic E-state index is 12.4. The summed E-state index contributed by atoms with van der Waals surface area (Å²) >= 11 is 3.50. The van der Waals surface area contributed by atoms with Gasteiger partial charge in [0.05, 0.1) is 16.7 Å². The second kappa shape index (κ2) is 6.02. The first-order valence-corrected chi connectivity index (χ1v) is 9.74. The molecule has 25 heavy (non-hydrogen) atoms. The molecule has 3 heterocycles. The van der Waals surface area contributed by atoms with Crippen LogP contribution in [-0.4, -0.2) is 50.9 Å². The van der Waals surface area contributed by atoms with Gasteiger partial charge in [-0.2, -0.15) is 0 Å². The molecule has 1 aliphatic carbocycles. The maximum absolute atomic E-state index is 12.4. The molecule has 8 heteroatoms. The second-order valence-corrected chi connectivity index (χ2v) is 8.01. The Morgan fingerprint density at radius 3 is 2.84 bits per heavy atom. The largest absolute Gasteiger partial charge is 0.368 e. The first kappa shape index (κ1) is 16.9. The van der Waals surface area contributed by atoms with Crippen molar-refractivity contribution in [1.29, 1.82) is 0 Å². The lowest BCUT2D eigenvalue weighted by Gasteiger charge is -2.32. The number of rotatable bonds is 5. The molecule has 0 unspecified atom stereocenters. The van der Waals surface area contributed by atoms with Crippen molar-refractivity contribution in [1.82, 2.24) is 20.1 Å². The molecule has 1 aromatic heterocycles. The number of aromatic nitrogens is 1. The number of halogens is 1. The maximum Gasteiger partial charge on any atom is 0.320 e. The fourth-order valence-electron chi connectivity index (χ4n) is 4.54. The van der Waals surface area contributed by atoms with Crippen LogP contribution in [0.15, 0.2) is 16.7 Å². The van der Waals surface area contributed by atoms with Gasteiger partial charge in [-0.3, -0.25) is 9.69 Å². The van der Waals surface area contributed by atoms with Gasteiger partial charge in [-0.15, -0.1) is 0 Å². The highest BCUT2D eigenvalue weighted by atomic mass is 79.9. The summed E-state index contributed by atoms with van der Waals surface area (Å²) in [5.74, 6) is -0.174. The van der Waals surface area contributed by atoms with E-state index < -0.39 is 11.8 Å². The van der Waals surface area contributed by atoms with E-state index in [1.54, 1.807) is 11.0 Å². The Bertz CT molecular complexity index is 721. The first-order valence-electron chi connectivity index (χ1n) is 8.95. The van der Waals surface area contributed by atoms with Crippen LogP contribution in [0.5, 0.6) is 0 Å². The van der Waals surface area contributed by atoms with Crippen molar-refractivity contribution >= 4 is 27.9 Å². The van der Waals surface area contributed by atoms with Gasteiger partial charge in [0.1, 0.15) is 11.7 Å². The summed E-state index contributed by atoms with van der Waals surface area (Å²) in [5, 5.41) is 17.2. The molecule has 1 saturated carbocycles. The van der Waals surface area contributed by atoms with Crippen LogP contribution in [0.4, 0.5) is 4.79 Å². The van der Waals surface area contributed by atoms with Crippen molar-refractivity contribution in [3.8, 4) is 0 Å². The highest BCUT2D eigenvalue weighted by Gasteiger charge is 2.64. The van der Waals surface area contributed by atoms with Crippen molar-refractivity contribution in [2.45, 2.75) is 62.9 Å². The average molecular weight is 411 g/mol. The number of unbranched alkanes of at least 4 members (excludes halogenated alkanes) is 3. The van der Waals surface area contributed by atoms with Crippen molar-refractivity contribution in [3.63, 3.8) is 0 Å². The molecule has 0 radical (unpaired) electrons. The van der Waals surface area contributed by atoms with E-state index in [2.05, 4.69) is 33.5 Å². The average Bonchev–Trinajstić information content (AvgIpc) is 3.15. The Balaban J connectivity index is 1.60. The van der Waals surface area contributed by atoms with Crippen molar-refractivity contribution in [2.75, 3.05) is 6.54 Å². The predicted molar refractivity (Wildman–Crippen MR) is 95.2 cm³/mol. The van der Waals surface area contributed by atoms with Gasteiger partial charge in [0.15, 0.2) is 5.72 Å². The number of amides is 3. The smallest absolute Gasteiger partial charge is 0.320 e. The highest BCUT2D eigenvalue weighted by Crippen LogP contribution is 2.47. The number of carbonyl (C=O) groups is 2. The zero-order chi connectivity index (χ0) is 17.8. The minimum absolute atomic E-state index is 0.0918. The predicted octanol–water partition coefficient (Wildman–Crippen LogP) is 1.97. The third kappa shape index (κ3) is 2.41. The Hall–Kier alpha value is -1.54. The van der Waals surface area contributed by atoms with Crippen LogP contribution in [-0.2, 0) is 0 Å². The number of carbonyl (C=O) groups excluding carboxylic acids is 2. The first-order chi connectivity index (χ1) is 12.0. The fraction of sp³-hybridized carbons (Fsp3) is 0.647. The second-order valence-electron chi connectivity index (χ2n) is 7.20. The van der Waals surface area contributed by atoms with Gasteiger partial charge in [0, 0.05) is 13.0 Å². The van der Waals surface area contributed by atoms with E-state index in [-0.39, 0.29) is 24.0 Å². The molecule has 4 rings (SSSR count). The molecule has 3 aliphatic rings. The van der Waals surface area contributed by atoms with Gasteiger partial charge in [-0.25, -0.2) is 4.79 Å². The van der Waals surface area contributed by atoms with E-state index >= 15 is 0 Å². The number of nitrogens with one attached hydrogen (secondary N) is 2. The van der Waals surface area contributed by atoms with E-state index in [9.17, 15) is 14.7 Å². The molecule has 2 aliphatic heterocycles. The van der Waals surface area contributed by atoms with Gasteiger partial charge < -0.3 is 20.3 Å². The Morgan fingerprint density at radius 1 is 1.28 bits per heavy atom. The number of fused-ring (bicyclic) bond motifs is 5. The molecular weight excluding hydrogens is 388 g/mol. The van der Waals surface area contributed by atoms with Crippen molar-refractivity contribution in [2.24, 2.45) is 0 Å². The quantitative estimate of drug-likeness (QED) is 0.648. The summed E-state index contributed by atoms with van der Waals surface area (Å²) in [5.41, 5.74) is -0.686. The number of urea groups is 1. The van der Waals surface area contributed by atoms with Crippen LogP contribution >= 0.6 is 15.9 Å². The number of aliphatic hydroxyl groups is 1. The number of hydrogen-bond donors (Lipinski definition) is 3. The molecule has 3 amide bonds. The van der Waals surface area contributed by atoms with E-state index in [1.165, 1.54) is 0 Å². The zero-order valence-electron chi connectivity index (χ0n) is 14.2. The molecule has 3 N–H and O–H groups in total. The summed E-state index contributed by atoms with van der Waals surface area (Å²) in [7, 11) is 0. The zero-order valence-corrected chi connectivity index (χ0v) is 15.8. The minimum atomic E-state index is -1.27. The van der Waals surface area contributed by atoms with Gasteiger partial charge >= 0.3 is 6.03 Å². The fourth-order valence-corrected chi connectivity index (χ4v) is 5.12. The lowest BCUT2D eigenvalue weighted by molar-refractivity contribution is -0.0682. The van der Waals surface area contributed by atoms with Crippen LogP contribution in [0.1, 0.15) is 55.6 Å². The standard InChI is InChI=1S/C17H23BrN4O3/c1-2-3-4-5-8-21-16(24)20-14-13-11(9-17(14,21)25)22-10(15(23)19-13)6-7-12(22)18/h6-7,11,13-14,25H,2-5,8-9H2,1H3,(H,19,23)(H,20,24)/t11-,13-,14+,17-/m1/s1. The molecule has 0 spiro atoms. The van der Waals surface area contributed by atoms with Crippen LogP contribution in [0.25, 0.3) is 0 Å². The normalized spacial score (nSPS) is 32.9. The molecule has 2 fully saturated rings. The Kier molecular flexibility index (Phi) is 4.07. The summed E-state index contributed by atoms with van der Waals surface area (Å²) in [6.45, 7) is 2.68. The highest BCUT2D eigenvalue weighted by molar-refractivity contribution is 9.10. The van der Waals surface area contributed by atoms with E-state index in [0.717, 1.165) is 30.3 Å². The summed E-state index contributed by atoms with van der Waals surface area (Å²) in [6, 6.07) is 2.46. The van der Waals surface area contributed by atoms with Gasteiger partial charge in [0.2, 0.25) is 0 Å². The molecule has 4 atom stereocenters. The summed E-state index contributed by atoms with van der Waals surface area (Å²) in [6.07, 6.45) is 4.56. The van der Waals surface area contributed by atoms with Crippen molar-refractivity contribution in [3.05, 3.63) is 22.4 Å². The molecule has 1 aromatic rings. The van der Waals surface area contributed by atoms with Crippen LogP contribution < -0.4 is 10.6 Å². The lowest BCUT2D eigenvalue weighted by Crippen LogP contribution is -2.56. The molecule has 1 saturated heterocycles. The SMILES string of the molecule is CCCCCCN1C(=O)N[C@H]2[C@@H]3NC(=O)c4ccc(Br)n4[C@@H]3C[C@@]21O. The Labute approximate surface area is 154 Å². The third-order valence-electron chi connectivity index (χ3n) is 5.74. The van der Waals surface area contributed by atoms with Crippen LogP contribution in [0.3, 0.4) is 0 Å². The number of hydrogen-bond acceptors (Lipinski definition) is 3. The van der Waals surface area contributed by atoms with Crippen LogP contribution in [0.2, 0.25) is 0 Å². The molecule has 0 aromatic carbocycles. The topological polar surface area (TPSA) is 86.6 Å². The minimum Gasteiger partial charge on any atom is -0.368 e. The van der Waals surface area contributed by atoms with Gasteiger partial charge in [0.25, 0.3) is 5.91 Å². The van der Waals surface area contributed by atoms with Gasteiger partial charge in [-0.05, 0) is 34.5 Å². The lowest BCUT2D eigenvalue weighted by atomic mass is 10.0. The molecule has 0 bridgehead atoms. The summed E-state index contributed by atoms with van der Waals surface area (Å²) < 4.78 is 2.75. The molecular formula is C17H23BrN4O3. The summed E-state index contributed by atoms with van der Waals surface area (Å²) in [4.78, 5) is 26.3.